The van der Waals surface area contributed by atoms with Crippen LogP contribution >= 0.6 is 11.6 Å². The second-order valence-electron chi connectivity index (χ2n) is 7.20. The smallest absolute Gasteiger partial charge is 0.258 e. The van der Waals surface area contributed by atoms with Crippen molar-refractivity contribution in [2.24, 2.45) is 0 Å². The molecule has 0 bridgehead atoms. The van der Waals surface area contributed by atoms with Gasteiger partial charge in [0, 0.05) is 49.2 Å². The summed E-state index contributed by atoms with van der Waals surface area (Å²) in [7, 11) is 0. The lowest BCUT2D eigenvalue weighted by molar-refractivity contribution is 0.102. The van der Waals surface area contributed by atoms with E-state index in [1.165, 1.54) is 0 Å². The predicted molar refractivity (Wildman–Crippen MR) is 121 cm³/mol. The fraction of sp³-hybridized carbons (Fsp3) is 0.261. The maximum atomic E-state index is 12.8. The van der Waals surface area contributed by atoms with Gasteiger partial charge in [-0.15, -0.1) is 0 Å². The molecule has 154 valence electrons. The zero-order valence-corrected chi connectivity index (χ0v) is 17.6. The molecule has 7 heteroatoms. The van der Waals surface area contributed by atoms with E-state index >= 15 is 0 Å². The molecule has 0 spiro atoms. The van der Waals surface area contributed by atoms with Crippen molar-refractivity contribution in [2.45, 2.75) is 6.92 Å². The van der Waals surface area contributed by atoms with Crippen molar-refractivity contribution in [3.63, 3.8) is 0 Å². The molecule has 1 saturated heterocycles. The third-order valence-electron chi connectivity index (χ3n) is 5.31. The first kappa shape index (κ1) is 20.3. The Hall–Kier alpha value is -2.96. The Morgan fingerprint density at radius 1 is 1.03 bits per heavy atom. The largest absolute Gasteiger partial charge is 0.367 e. The number of anilines is 2. The van der Waals surface area contributed by atoms with Crippen LogP contribution in [0.5, 0.6) is 0 Å². The molecule has 0 radical (unpaired) electrons. The third kappa shape index (κ3) is 4.61. The summed E-state index contributed by atoms with van der Waals surface area (Å²) in [4.78, 5) is 26.2. The van der Waals surface area contributed by atoms with Crippen LogP contribution in [-0.4, -0.2) is 53.5 Å². The molecule has 1 fully saturated rings. The van der Waals surface area contributed by atoms with Gasteiger partial charge in [0.2, 0.25) is 0 Å². The van der Waals surface area contributed by atoms with E-state index in [0.29, 0.717) is 22.1 Å². The molecule has 0 atom stereocenters. The zero-order valence-electron chi connectivity index (χ0n) is 16.9. The van der Waals surface area contributed by atoms with Crippen LogP contribution in [0.4, 0.5) is 11.4 Å². The highest BCUT2D eigenvalue weighted by molar-refractivity contribution is 6.31. The molecule has 1 aromatic heterocycles. The summed E-state index contributed by atoms with van der Waals surface area (Å²) >= 11 is 6.22. The maximum Gasteiger partial charge on any atom is 0.258 e. The highest BCUT2D eigenvalue weighted by Crippen LogP contribution is 2.30. The van der Waals surface area contributed by atoms with Crippen LogP contribution in [0.3, 0.4) is 0 Å². The Labute approximate surface area is 181 Å². The number of benzene rings is 2. The molecule has 2 heterocycles. The number of nitrogens with one attached hydrogen (secondary N) is 1. The van der Waals surface area contributed by atoms with E-state index in [2.05, 4.69) is 32.0 Å². The number of nitrogens with zero attached hydrogens (tertiary/aromatic N) is 4. The van der Waals surface area contributed by atoms with E-state index in [-0.39, 0.29) is 5.91 Å². The fourth-order valence-electron chi connectivity index (χ4n) is 3.57. The lowest BCUT2D eigenvalue weighted by atomic mass is 10.2. The summed E-state index contributed by atoms with van der Waals surface area (Å²) in [5.41, 5.74) is 2.99. The fourth-order valence-corrected chi connectivity index (χ4v) is 3.74. The minimum Gasteiger partial charge on any atom is -0.367 e. The van der Waals surface area contributed by atoms with Gasteiger partial charge in [0.25, 0.3) is 5.91 Å². The molecule has 1 amide bonds. The van der Waals surface area contributed by atoms with Gasteiger partial charge in [-0.25, -0.2) is 9.97 Å². The van der Waals surface area contributed by atoms with E-state index in [4.69, 9.17) is 11.6 Å². The van der Waals surface area contributed by atoms with E-state index in [9.17, 15) is 4.79 Å². The Bertz CT molecular complexity index is 1000. The van der Waals surface area contributed by atoms with Crippen molar-refractivity contribution < 1.29 is 4.79 Å². The van der Waals surface area contributed by atoms with Gasteiger partial charge in [0.1, 0.15) is 0 Å². The Balaban J connectivity index is 1.51. The normalized spacial score (nSPS) is 14.5. The number of rotatable bonds is 5. The van der Waals surface area contributed by atoms with Gasteiger partial charge in [0.05, 0.1) is 16.9 Å². The quantitative estimate of drug-likeness (QED) is 0.669. The number of carbonyl (C=O) groups excluding carboxylic acids is 1. The molecule has 30 heavy (non-hydrogen) atoms. The number of hydrogen-bond donors (Lipinski definition) is 1. The van der Waals surface area contributed by atoms with Gasteiger partial charge in [-0.1, -0.05) is 48.9 Å². The first-order valence-electron chi connectivity index (χ1n) is 10.1. The van der Waals surface area contributed by atoms with Crippen molar-refractivity contribution in [2.75, 3.05) is 42.9 Å². The first-order chi connectivity index (χ1) is 14.6. The summed E-state index contributed by atoms with van der Waals surface area (Å²) in [6, 6.07) is 15.3. The van der Waals surface area contributed by atoms with Gasteiger partial charge in [-0.3, -0.25) is 4.79 Å². The van der Waals surface area contributed by atoms with E-state index in [1.807, 2.05) is 42.5 Å². The van der Waals surface area contributed by atoms with Crippen LogP contribution in [0, 0.1) is 0 Å². The molecule has 0 aliphatic carbocycles. The van der Waals surface area contributed by atoms with E-state index in [0.717, 1.165) is 44.0 Å². The molecule has 6 nitrogen and oxygen atoms in total. The van der Waals surface area contributed by atoms with Crippen LogP contribution in [0.25, 0.3) is 11.4 Å². The summed E-state index contributed by atoms with van der Waals surface area (Å²) in [6.45, 7) is 7.05. The molecule has 0 unspecified atom stereocenters. The monoisotopic (exact) mass is 421 g/mol. The topological polar surface area (TPSA) is 61.4 Å². The van der Waals surface area contributed by atoms with E-state index in [1.54, 1.807) is 18.5 Å². The Morgan fingerprint density at radius 2 is 1.73 bits per heavy atom. The zero-order chi connectivity index (χ0) is 20.9. The highest BCUT2D eigenvalue weighted by atomic mass is 35.5. The van der Waals surface area contributed by atoms with Crippen molar-refractivity contribution in [3.8, 4) is 11.4 Å². The van der Waals surface area contributed by atoms with Crippen LogP contribution in [-0.2, 0) is 0 Å². The number of hydrogen-bond acceptors (Lipinski definition) is 5. The summed E-state index contributed by atoms with van der Waals surface area (Å²) in [6.07, 6.45) is 3.10. The van der Waals surface area contributed by atoms with Gasteiger partial charge < -0.3 is 15.1 Å². The molecule has 4 rings (SSSR count). The molecule has 1 N–H and O–H groups in total. The molecule has 0 saturated carbocycles. The van der Waals surface area contributed by atoms with E-state index < -0.39 is 0 Å². The molecule has 1 aliphatic heterocycles. The minimum atomic E-state index is -0.259. The molecule has 1 aliphatic rings. The maximum absolute atomic E-state index is 12.8. The predicted octanol–water partition coefficient (Wildman–Crippen LogP) is 4.19. The average molecular weight is 422 g/mol. The van der Waals surface area contributed by atoms with Gasteiger partial charge in [0.15, 0.2) is 5.82 Å². The van der Waals surface area contributed by atoms with Crippen molar-refractivity contribution >= 4 is 28.9 Å². The number of piperazine rings is 1. The average Bonchev–Trinajstić information content (AvgIpc) is 2.80. The summed E-state index contributed by atoms with van der Waals surface area (Å²) in [5.74, 6) is 0.328. The van der Waals surface area contributed by atoms with Crippen molar-refractivity contribution in [1.82, 2.24) is 14.9 Å². The minimum absolute atomic E-state index is 0.259. The SMILES string of the molecule is CCN1CCN(c2ccc(Cl)cc2NC(=O)c2cnc(-c3ccccc3)nc2)CC1. The second kappa shape index (κ2) is 9.24. The highest BCUT2D eigenvalue weighted by Gasteiger charge is 2.20. The summed E-state index contributed by atoms with van der Waals surface area (Å²) in [5, 5.41) is 3.57. The van der Waals surface area contributed by atoms with Crippen LogP contribution in [0.1, 0.15) is 17.3 Å². The molecular formula is C23H24ClN5O. The Morgan fingerprint density at radius 3 is 2.40 bits per heavy atom. The number of carbonyl (C=O) groups is 1. The number of aromatic nitrogens is 2. The number of amides is 1. The van der Waals surface area contributed by atoms with Gasteiger partial charge in [-0.05, 0) is 24.7 Å². The summed E-state index contributed by atoms with van der Waals surface area (Å²) < 4.78 is 0. The molecule has 3 aromatic rings. The van der Waals surface area contributed by atoms with Gasteiger partial charge in [-0.2, -0.15) is 0 Å². The third-order valence-corrected chi connectivity index (χ3v) is 5.55. The van der Waals surface area contributed by atoms with Crippen molar-refractivity contribution in [1.29, 1.82) is 0 Å². The first-order valence-corrected chi connectivity index (χ1v) is 10.5. The van der Waals surface area contributed by atoms with Crippen LogP contribution in [0.2, 0.25) is 5.02 Å². The van der Waals surface area contributed by atoms with Gasteiger partial charge >= 0.3 is 0 Å². The lowest BCUT2D eigenvalue weighted by Gasteiger charge is -2.36. The number of likely N-dealkylation sites (N-methyl/N-ethyl adjacent to an activating group) is 1. The lowest BCUT2D eigenvalue weighted by Crippen LogP contribution is -2.46. The molecule has 2 aromatic carbocycles. The standard InChI is InChI=1S/C23H24ClN5O/c1-2-28-10-12-29(13-11-28)21-9-8-19(24)14-20(21)27-23(30)18-15-25-22(26-16-18)17-6-4-3-5-7-17/h3-9,14-16H,2,10-13H2,1H3,(H,27,30). The number of halogens is 1. The van der Waals surface area contributed by atoms with Crippen LogP contribution < -0.4 is 10.2 Å². The van der Waals surface area contributed by atoms with Crippen LogP contribution in [0.15, 0.2) is 60.9 Å². The Kier molecular flexibility index (Phi) is 6.26. The van der Waals surface area contributed by atoms with Crippen molar-refractivity contribution in [3.05, 3.63) is 71.5 Å². The second-order valence-corrected chi connectivity index (χ2v) is 7.63. The molecular weight excluding hydrogens is 398 g/mol.